The second-order valence-corrected chi connectivity index (χ2v) is 4.57. The summed E-state index contributed by atoms with van der Waals surface area (Å²) >= 11 is 0. The number of anilines is 1. The first-order valence-corrected chi connectivity index (χ1v) is 6.83. The fourth-order valence-electron chi connectivity index (χ4n) is 2.11. The smallest absolute Gasteiger partial charge is 0.360 e. The molecule has 2 heterocycles. The minimum absolute atomic E-state index is 0.0140. The van der Waals surface area contributed by atoms with Gasteiger partial charge in [0.05, 0.1) is 23.8 Å². The molecule has 0 fully saturated rings. The second-order valence-electron chi connectivity index (χ2n) is 4.57. The Balaban J connectivity index is 2.15. The molecule has 2 aromatic heterocycles. The average molecular weight is 308 g/mol. The number of nitriles is 1. The molecular weight excluding hydrogens is 296 g/mol. The predicted octanol–water partition coefficient (Wildman–Crippen LogP) is 1.45. The van der Waals surface area contributed by atoms with Crippen LogP contribution in [0.25, 0.3) is 16.9 Å². The Labute approximate surface area is 131 Å². The standard InChI is InChI=1S/C15H12N6O2/c1-2-23-15(22)13-9(7-16)14(17)21(20-13)12-8-18-10-5-3-4-6-11(10)19-12/h3-6,8H,2,17H2,1H3. The molecule has 0 unspecified atom stereocenters. The van der Waals surface area contributed by atoms with Crippen LogP contribution in [0.2, 0.25) is 0 Å². The number of aromatic nitrogens is 4. The number of nitrogens with zero attached hydrogens (tertiary/aromatic N) is 5. The van der Waals surface area contributed by atoms with Crippen molar-refractivity contribution in [2.45, 2.75) is 6.92 Å². The zero-order valence-corrected chi connectivity index (χ0v) is 12.2. The molecule has 8 nitrogen and oxygen atoms in total. The van der Waals surface area contributed by atoms with E-state index in [-0.39, 0.29) is 23.7 Å². The summed E-state index contributed by atoms with van der Waals surface area (Å²) in [7, 11) is 0. The van der Waals surface area contributed by atoms with Gasteiger partial charge in [0.15, 0.2) is 11.5 Å². The molecule has 23 heavy (non-hydrogen) atoms. The van der Waals surface area contributed by atoms with Crippen molar-refractivity contribution in [1.82, 2.24) is 19.7 Å². The number of esters is 1. The van der Waals surface area contributed by atoms with Crippen LogP contribution in [-0.4, -0.2) is 32.3 Å². The number of carbonyl (C=O) groups is 1. The summed E-state index contributed by atoms with van der Waals surface area (Å²) in [6.07, 6.45) is 1.47. The number of carbonyl (C=O) groups excluding carboxylic acids is 1. The Bertz CT molecular complexity index is 941. The van der Waals surface area contributed by atoms with Gasteiger partial charge in [0.2, 0.25) is 0 Å². The van der Waals surface area contributed by atoms with Crippen molar-refractivity contribution in [1.29, 1.82) is 5.26 Å². The van der Waals surface area contributed by atoms with E-state index in [1.165, 1.54) is 10.9 Å². The number of fused-ring (bicyclic) bond motifs is 1. The predicted molar refractivity (Wildman–Crippen MR) is 81.7 cm³/mol. The van der Waals surface area contributed by atoms with Gasteiger partial charge in [0, 0.05) is 0 Å². The Morgan fingerprint density at radius 1 is 1.39 bits per heavy atom. The maximum atomic E-state index is 11.9. The van der Waals surface area contributed by atoms with Crippen LogP contribution in [0.1, 0.15) is 23.0 Å². The van der Waals surface area contributed by atoms with E-state index < -0.39 is 5.97 Å². The van der Waals surface area contributed by atoms with Crippen LogP contribution in [0.15, 0.2) is 30.5 Å². The molecule has 1 aromatic carbocycles. The Hall–Kier alpha value is -3.47. The van der Waals surface area contributed by atoms with Gasteiger partial charge in [-0.25, -0.2) is 9.78 Å². The number of hydrogen-bond acceptors (Lipinski definition) is 7. The lowest BCUT2D eigenvalue weighted by atomic mass is 10.2. The first kappa shape index (κ1) is 14.5. The third-order valence-electron chi connectivity index (χ3n) is 3.15. The summed E-state index contributed by atoms with van der Waals surface area (Å²) in [5.74, 6) is -0.378. The first-order valence-electron chi connectivity index (χ1n) is 6.83. The molecule has 0 aliphatic heterocycles. The molecule has 0 spiro atoms. The van der Waals surface area contributed by atoms with E-state index in [4.69, 9.17) is 10.5 Å². The van der Waals surface area contributed by atoms with Crippen molar-refractivity contribution in [3.05, 3.63) is 41.7 Å². The van der Waals surface area contributed by atoms with Crippen LogP contribution in [-0.2, 0) is 4.74 Å². The highest BCUT2D eigenvalue weighted by Crippen LogP contribution is 2.21. The van der Waals surface area contributed by atoms with Crippen molar-refractivity contribution in [3.8, 4) is 11.9 Å². The van der Waals surface area contributed by atoms with E-state index in [1.54, 1.807) is 13.0 Å². The number of benzene rings is 1. The topological polar surface area (TPSA) is 120 Å². The minimum atomic E-state index is -0.705. The molecule has 0 saturated heterocycles. The van der Waals surface area contributed by atoms with E-state index in [1.807, 2.05) is 24.3 Å². The molecule has 8 heteroatoms. The van der Waals surface area contributed by atoms with Gasteiger partial charge < -0.3 is 10.5 Å². The fraction of sp³-hybridized carbons (Fsp3) is 0.133. The van der Waals surface area contributed by atoms with Crippen molar-refractivity contribution in [3.63, 3.8) is 0 Å². The summed E-state index contributed by atoms with van der Waals surface area (Å²) in [6, 6.07) is 9.17. The van der Waals surface area contributed by atoms with Gasteiger partial charge in [0.25, 0.3) is 0 Å². The van der Waals surface area contributed by atoms with E-state index >= 15 is 0 Å². The van der Waals surface area contributed by atoms with Crippen LogP contribution in [0.3, 0.4) is 0 Å². The van der Waals surface area contributed by atoms with Crippen molar-refractivity contribution < 1.29 is 9.53 Å². The molecule has 0 saturated carbocycles. The van der Waals surface area contributed by atoms with Gasteiger partial charge in [0.1, 0.15) is 17.5 Å². The Morgan fingerprint density at radius 2 is 2.13 bits per heavy atom. The maximum absolute atomic E-state index is 11.9. The minimum Gasteiger partial charge on any atom is -0.461 e. The van der Waals surface area contributed by atoms with Crippen LogP contribution in [0, 0.1) is 11.3 Å². The molecule has 0 bridgehead atoms. The lowest BCUT2D eigenvalue weighted by Gasteiger charge is -2.03. The van der Waals surface area contributed by atoms with Gasteiger partial charge in [-0.15, -0.1) is 0 Å². The normalized spacial score (nSPS) is 10.4. The Morgan fingerprint density at radius 3 is 2.83 bits per heavy atom. The summed E-state index contributed by atoms with van der Waals surface area (Å²) in [5.41, 5.74) is 7.11. The van der Waals surface area contributed by atoms with Crippen LogP contribution in [0.5, 0.6) is 0 Å². The highest BCUT2D eigenvalue weighted by atomic mass is 16.5. The van der Waals surface area contributed by atoms with E-state index in [0.717, 1.165) is 0 Å². The number of para-hydroxylation sites is 2. The highest BCUT2D eigenvalue weighted by molar-refractivity contribution is 5.92. The molecule has 0 amide bonds. The number of hydrogen-bond donors (Lipinski definition) is 1. The van der Waals surface area contributed by atoms with Gasteiger partial charge in [-0.2, -0.15) is 15.0 Å². The Kier molecular flexibility index (Phi) is 3.60. The monoisotopic (exact) mass is 308 g/mol. The van der Waals surface area contributed by atoms with Gasteiger partial charge >= 0.3 is 5.97 Å². The van der Waals surface area contributed by atoms with Crippen molar-refractivity contribution in [2.75, 3.05) is 12.3 Å². The quantitative estimate of drug-likeness (QED) is 0.727. The molecule has 0 atom stereocenters. The lowest BCUT2D eigenvalue weighted by Crippen LogP contribution is -2.08. The van der Waals surface area contributed by atoms with Gasteiger partial charge in [-0.3, -0.25) is 4.98 Å². The first-order chi connectivity index (χ1) is 11.2. The summed E-state index contributed by atoms with van der Waals surface area (Å²) < 4.78 is 6.10. The van der Waals surface area contributed by atoms with E-state index in [2.05, 4.69) is 15.1 Å². The number of nitrogens with two attached hydrogens (primary N) is 1. The van der Waals surface area contributed by atoms with Crippen LogP contribution in [0.4, 0.5) is 5.82 Å². The van der Waals surface area contributed by atoms with Gasteiger partial charge in [-0.05, 0) is 19.1 Å². The number of nitrogen functional groups attached to an aromatic ring is 1. The number of ether oxygens (including phenoxy) is 1. The third kappa shape index (κ3) is 2.44. The summed E-state index contributed by atoms with van der Waals surface area (Å²) in [6.45, 7) is 1.84. The molecule has 2 N–H and O–H groups in total. The molecule has 114 valence electrons. The fourth-order valence-corrected chi connectivity index (χ4v) is 2.11. The summed E-state index contributed by atoms with van der Waals surface area (Å²) in [4.78, 5) is 20.6. The van der Waals surface area contributed by atoms with Crippen molar-refractivity contribution in [2.24, 2.45) is 0 Å². The second kappa shape index (κ2) is 5.73. The van der Waals surface area contributed by atoms with E-state index in [9.17, 15) is 10.1 Å². The lowest BCUT2D eigenvalue weighted by molar-refractivity contribution is 0.0518. The number of rotatable bonds is 3. The highest BCUT2D eigenvalue weighted by Gasteiger charge is 2.24. The maximum Gasteiger partial charge on any atom is 0.360 e. The van der Waals surface area contributed by atoms with Crippen LogP contribution >= 0.6 is 0 Å². The zero-order chi connectivity index (χ0) is 16.4. The molecule has 3 rings (SSSR count). The summed E-state index contributed by atoms with van der Waals surface area (Å²) in [5, 5.41) is 13.3. The van der Waals surface area contributed by atoms with Crippen LogP contribution < -0.4 is 5.73 Å². The molecule has 0 aliphatic rings. The molecule has 0 aliphatic carbocycles. The molecule has 3 aromatic rings. The average Bonchev–Trinajstić information content (AvgIpc) is 2.91. The van der Waals surface area contributed by atoms with Crippen molar-refractivity contribution >= 4 is 22.8 Å². The molecule has 0 radical (unpaired) electrons. The van der Waals surface area contributed by atoms with E-state index in [0.29, 0.717) is 16.9 Å². The molecular formula is C15H12N6O2. The zero-order valence-electron chi connectivity index (χ0n) is 12.2. The largest absolute Gasteiger partial charge is 0.461 e. The SMILES string of the molecule is CCOC(=O)c1nn(-c2cnc3ccccc3n2)c(N)c1C#N. The van der Waals surface area contributed by atoms with Gasteiger partial charge in [-0.1, -0.05) is 12.1 Å². The third-order valence-corrected chi connectivity index (χ3v) is 3.15.